The molecule has 2 bridgehead atoms. The van der Waals surface area contributed by atoms with E-state index in [-0.39, 0.29) is 29.6 Å². The summed E-state index contributed by atoms with van der Waals surface area (Å²) in [6.45, 7) is 7.37. The zero-order valence-electron chi connectivity index (χ0n) is 21.0. The number of methoxy groups -OCH3 is 1. The second-order valence-corrected chi connectivity index (χ2v) is 11.1. The summed E-state index contributed by atoms with van der Waals surface area (Å²) < 4.78 is 38.1. The molecule has 37 heavy (non-hydrogen) atoms. The summed E-state index contributed by atoms with van der Waals surface area (Å²) in [6.07, 6.45) is 0.860. The van der Waals surface area contributed by atoms with E-state index in [1.807, 2.05) is 20.8 Å². The van der Waals surface area contributed by atoms with Crippen LogP contribution in [0, 0.1) is 17.7 Å². The Hall–Kier alpha value is -3.31. The number of hydrogen-bond acceptors (Lipinski definition) is 9. The fraction of sp³-hybridized carbons (Fsp3) is 0.462. The van der Waals surface area contributed by atoms with Crippen molar-refractivity contribution in [3.8, 4) is 17.0 Å². The van der Waals surface area contributed by atoms with E-state index in [0.717, 1.165) is 6.07 Å². The number of halogens is 1. The minimum absolute atomic E-state index is 0.0484. The monoisotopic (exact) mass is 529 g/mol. The minimum atomic E-state index is -0.606. The first-order chi connectivity index (χ1) is 17.6. The van der Waals surface area contributed by atoms with Gasteiger partial charge >= 0.3 is 12.1 Å². The van der Waals surface area contributed by atoms with Crippen molar-refractivity contribution in [3.63, 3.8) is 0 Å². The Morgan fingerprint density at radius 2 is 1.86 bits per heavy atom. The maximum absolute atomic E-state index is 14.9. The van der Waals surface area contributed by atoms with Crippen LogP contribution in [0.15, 0.2) is 29.9 Å². The van der Waals surface area contributed by atoms with Crippen molar-refractivity contribution in [2.75, 3.05) is 33.4 Å². The zero-order chi connectivity index (χ0) is 26.3. The van der Waals surface area contributed by atoms with Crippen LogP contribution in [0.1, 0.15) is 31.1 Å². The van der Waals surface area contributed by atoms with Crippen LogP contribution in [0.5, 0.6) is 5.88 Å². The molecule has 2 aromatic heterocycles. The van der Waals surface area contributed by atoms with Gasteiger partial charge in [0.25, 0.3) is 0 Å². The normalized spacial score (nSPS) is 21.5. The summed E-state index contributed by atoms with van der Waals surface area (Å²) in [5, 5.41) is 1.80. The fourth-order valence-electron chi connectivity index (χ4n) is 4.78. The lowest BCUT2D eigenvalue weighted by atomic mass is 9.84. The summed E-state index contributed by atoms with van der Waals surface area (Å²) in [6, 6.07) is 4.22. The van der Waals surface area contributed by atoms with Crippen molar-refractivity contribution in [3.05, 3.63) is 41.3 Å². The first-order valence-corrected chi connectivity index (χ1v) is 12.9. The molecule has 2 atom stereocenters. The van der Waals surface area contributed by atoms with E-state index >= 15 is 0 Å². The van der Waals surface area contributed by atoms with Gasteiger partial charge in [-0.25, -0.2) is 23.9 Å². The number of esters is 1. The number of carbonyl (C=O) groups is 2. The van der Waals surface area contributed by atoms with Gasteiger partial charge in [0.2, 0.25) is 5.88 Å². The van der Waals surface area contributed by atoms with Gasteiger partial charge in [-0.3, -0.25) is 0 Å². The van der Waals surface area contributed by atoms with Crippen LogP contribution in [0.3, 0.4) is 0 Å². The summed E-state index contributed by atoms with van der Waals surface area (Å²) in [5.74, 6) is -0.836. The number of fused-ring (bicyclic) bond motifs is 3. The molecule has 2 fully saturated rings. The minimum Gasteiger partial charge on any atom is -0.472 e. The van der Waals surface area contributed by atoms with E-state index in [0.29, 0.717) is 53.5 Å². The number of nitrogens with zero attached hydrogens (tertiary/aromatic N) is 3. The predicted octanol–water partition coefficient (Wildman–Crippen LogP) is 4.54. The van der Waals surface area contributed by atoms with Gasteiger partial charge in [-0.15, -0.1) is 11.3 Å². The molecule has 2 unspecified atom stereocenters. The van der Waals surface area contributed by atoms with E-state index in [1.54, 1.807) is 16.3 Å². The number of thiophene rings is 1. The first kappa shape index (κ1) is 25.3. The van der Waals surface area contributed by atoms with Crippen LogP contribution in [0.2, 0.25) is 0 Å². The molecule has 4 heterocycles. The predicted molar refractivity (Wildman–Crippen MR) is 134 cm³/mol. The lowest BCUT2D eigenvalue weighted by Crippen LogP contribution is -2.59. The van der Waals surface area contributed by atoms with E-state index < -0.39 is 17.4 Å². The van der Waals surface area contributed by atoms with Crippen molar-refractivity contribution < 1.29 is 32.9 Å². The molecular weight excluding hydrogens is 501 g/mol. The number of carbonyl (C=O) groups excluding carboxylic acids is 2. The molecule has 3 aromatic rings. The Balaban J connectivity index is 1.39. The Labute approximate surface area is 217 Å². The Morgan fingerprint density at radius 1 is 1.14 bits per heavy atom. The standard InChI is InChI=1S/C26H28FN3O6S/c1-26(2,3)36-25(32)30-8-15-10-34-11-16(9-30)21(15)35-23-22-20(28-13-29-23)18(12-37-22)17-6-5-14(7-19(17)27)24(31)33-4/h5-7,12-13,15-16,21H,8-11H2,1-4H3. The van der Waals surface area contributed by atoms with E-state index in [1.165, 1.54) is 30.8 Å². The van der Waals surface area contributed by atoms with Crippen LogP contribution in [0.25, 0.3) is 21.3 Å². The highest BCUT2D eigenvalue weighted by Gasteiger charge is 2.44. The first-order valence-electron chi connectivity index (χ1n) is 12.0. The molecule has 2 aliphatic rings. The zero-order valence-corrected chi connectivity index (χ0v) is 21.8. The number of aromatic nitrogens is 2. The molecule has 1 amide bonds. The third kappa shape index (κ3) is 5.10. The summed E-state index contributed by atoms with van der Waals surface area (Å²) >= 11 is 1.36. The molecule has 2 aliphatic heterocycles. The van der Waals surface area contributed by atoms with Crippen LogP contribution in [-0.4, -0.2) is 72.0 Å². The molecule has 196 valence electrons. The van der Waals surface area contributed by atoms with Crippen molar-refractivity contribution >= 4 is 33.6 Å². The quantitative estimate of drug-likeness (QED) is 0.454. The van der Waals surface area contributed by atoms with Crippen LogP contribution < -0.4 is 4.74 Å². The lowest BCUT2D eigenvalue weighted by Gasteiger charge is -2.46. The number of likely N-dealkylation sites (tertiary alicyclic amines) is 1. The third-order valence-electron chi connectivity index (χ3n) is 6.40. The number of piperidine rings is 1. The number of ether oxygens (including phenoxy) is 4. The van der Waals surface area contributed by atoms with Crippen LogP contribution >= 0.6 is 11.3 Å². The Bertz CT molecular complexity index is 1330. The van der Waals surface area contributed by atoms with E-state index in [4.69, 9.17) is 14.2 Å². The van der Waals surface area contributed by atoms with Gasteiger partial charge in [0.1, 0.15) is 28.5 Å². The molecule has 1 aromatic carbocycles. The Morgan fingerprint density at radius 3 is 2.51 bits per heavy atom. The SMILES string of the molecule is COC(=O)c1ccc(-c2csc3c(OC4C5COCC4CN(C(=O)OC(C)(C)C)C5)ncnc23)c(F)c1. The Kier molecular flexibility index (Phi) is 6.76. The van der Waals surface area contributed by atoms with Gasteiger partial charge in [0.15, 0.2) is 0 Å². The number of benzene rings is 1. The molecule has 5 rings (SSSR count). The van der Waals surface area contributed by atoms with Crippen LogP contribution in [-0.2, 0) is 14.2 Å². The highest BCUT2D eigenvalue weighted by molar-refractivity contribution is 7.18. The summed E-state index contributed by atoms with van der Waals surface area (Å²) in [7, 11) is 1.25. The largest absolute Gasteiger partial charge is 0.472 e. The molecule has 0 radical (unpaired) electrons. The number of hydrogen-bond donors (Lipinski definition) is 0. The number of rotatable bonds is 4. The number of amides is 1. The maximum Gasteiger partial charge on any atom is 0.410 e. The van der Waals surface area contributed by atoms with Gasteiger partial charge in [0, 0.05) is 41.4 Å². The van der Waals surface area contributed by atoms with Gasteiger partial charge in [-0.2, -0.15) is 0 Å². The van der Waals surface area contributed by atoms with Crippen molar-refractivity contribution in [1.82, 2.24) is 14.9 Å². The summed E-state index contributed by atoms with van der Waals surface area (Å²) in [4.78, 5) is 34.9. The molecule has 0 aliphatic carbocycles. The molecule has 11 heteroatoms. The van der Waals surface area contributed by atoms with E-state index in [2.05, 4.69) is 14.7 Å². The highest BCUT2D eigenvalue weighted by Crippen LogP contribution is 2.40. The molecule has 9 nitrogen and oxygen atoms in total. The second kappa shape index (κ2) is 9.86. The van der Waals surface area contributed by atoms with Gasteiger partial charge in [-0.1, -0.05) is 6.07 Å². The average molecular weight is 530 g/mol. The van der Waals surface area contributed by atoms with Crippen molar-refractivity contribution in [1.29, 1.82) is 0 Å². The molecule has 0 spiro atoms. The molecular formula is C26H28FN3O6S. The topological polar surface area (TPSA) is 100 Å². The van der Waals surface area contributed by atoms with E-state index in [9.17, 15) is 14.0 Å². The van der Waals surface area contributed by atoms with Gasteiger partial charge in [0.05, 0.1) is 31.4 Å². The highest BCUT2D eigenvalue weighted by atomic mass is 32.1. The van der Waals surface area contributed by atoms with Crippen LogP contribution in [0.4, 0.5) is 9.18 Å². The summed E-state index contributed by atoms with van der Waals surface area (Å²) in [5.41, 5.74) is 1.03. The fourth-order valence-corrected chi connectivity index (χ4v) is 5.73. The lowest BCUT2D eigenvalue weighted by molar-refractivity contribution is -0.112. The van der Waals surface area contributed by atoms with Crippen molar-refractivity contribution in [2.45, 2.75) is 32.5 Å². The van der Waals surface area contributed by atoms with Gasteiger partial charge < -0.3 is 23.8 Å². The molecule has 0 N–H and O–H groups in total. The average Bonchev–Trinajstić information content (AvgIpc) is 3.27. The maximum atomic E-state index is 14.9. The second-order valence-electron chi connectivity index (χ2n) is 10.2. The molecule has 2 saturated heterocycles. The van der Waals surface area contributed by atoms with Gasteiger partial charge in [-0.05, 0) is 32.9 Å². The third-order valence-corrected chi connectivity index (χ3v) is 7.36. The van der Waals surface area contributed by atoms with Crippen molar-refractivity contribution in [2.24, 2.45) is 11.8 Å². The smallest absolute Gasteiger partial charge is 0.410 e. The molecule has 0 saturated carbocycles.